The normalized spacial score (nSPS) is 15.2. The highest BCUT2D eigenvalue weighted by molar-refractivity contribution is 6.34. The van der Waals surface area contributed by atoms with Crippen molar-refractivity contribution in [3.8, 4) is 0 Å². The lowest BCUT2D eigenvalue weighted by molar-refractivity contribution is -0.384. The summed E-state index contributed by atoms with van der Waals surface area (Å²) in [4.78, 5) is 34.2. The summed E-state index contributed by atoms with van der Waals surface area (Å²) in [5, 5.41) is 25.2. The molecule has 1 N–H and O–H groups in total. The summed E-state index contributed by atoms with van der Waals surface area (Å²) in [7, 11) is 0. The van der Waals surface area contributed by atoms with E-state index in [4.69, 9.17) is 11.6 Å². The Morgan fingerprint density at radius 1 is 1.26 bits per heavy atom. The van der Waals surface area contributed by atoms with Crippen LogP contribution in [0.1, 0.15) is 22.8 Å². The number of hydrogen-bond donors (Lipinski definition) is 1. The average molecular weight is 386 g/mol. The van der Waals surface area contributed by atoms with Crippen LogP contribution < -0.4 is 5.01 Å². The molecule has 1 heterocycles. The maximum absolute atomic E-state index is 12.7. The molecule has 0 aliphatic carbocycles. The van der Waals surface area contributed by atoms with Crippen molar-refractivity contribution in [3.05, 3.63) is 74.3 Å². The number of carboxylic acid groups (broad SMARTS) is 1. The van der Waals surface area contributed by atoms with E-state index in [1.54, 1.807) is 13.0 Å². The minimum atomic E-state index is -1.21. The molecule has 8 nitrogen and oxygen atoms in total. The first-order chi connectivity index (χ1) is 12.8. The number of carbonyl (C=O) groups is 2. The number of nitro benzene ring substituents is 1. The lowest BCUT2D eigenvalue weighted by Gasteiger charge is -2.13. The van der Waals surface area contributed by atoms with Crippen molar-refractivity contribution >= 4 is 46.6 Å². The minimum Gasteiger partial charge on any atom is -0.478 e. The highest BCUT2D eigenvalue weighted by Crippen LogP contribution is 2.28. The number of non-ortho nitro benzene ring substituents is 1. The molecular weight excluding hydrogens is 374 g/mol. The average Bonchev–Trinajstić information content (AvgIpc) is 2.90. The van der Waals surface area contributed by atoms with E-state index < -0.39 is 16.8 Å². The van der Waals surface area contributed by atoms with Crippen molar-refractivity contribution in [1.82, 2.24) is 0 Å². The summed E-state index contributed by atoms with van der Waals surface area (Å²) in [5.41, 5.74) is 1.42. The molecule has 1 amide bonds. The van der Waals surface area contributed by atoms with Crippen LogP contribution in [0.4, 0.5) is 11.4 Å². The second-order valence-electron chi connectivity index (χ2n) is 5.68. The van der Waals surface area contributed by atoms with Gasteiger partial charge in [0, 0.05) is 12.1 Å². The molecular formula is C18H12ClN3O5. The molecule has 3 rings (SSSR count). The molecule has 0 aromatic heterocycles. The van der Waals surface area contributed by atoms with Crippen molar-refractivity contribution < 1.29 is 19.6 Å². The van der Waals surface area contributed by atoms with Crippen LogP contribution in [0.3, 0.4) is 0 Å². The van der Waals surface area contributed by atoms with Crippen LogP contribution in [0.5, 0.6) is 0 Å². The highest BCUT2D eigenvalue weighted by atomic mass is 35.5. The Morgan fingerprint density at radius 3 is 2.52 bits per heavy atom. The molecule has 0 spiro atoms. The number of carboxylic acids is 1. The van der Waals surface area contributed by atoms with E-state index in [9.17, 15) is 24.8 Å². The molecule has 0 saturated heterocycles. The van der Waals surface area contributed by atoms with Crippen LogP contribution in [-0.4, -0.2) is 27.6 Å². The summed E-state index contributed by atoms with van der Waals surface area (Å²) in [5.74, 6) is -1.65. The Hall–Kier alpha value is -3.52. The minimum absolute atomic E-state index is 0.0516. The quantitative estimate of drug-likeness (QED) is 0.489. The number of anilines is 1. The zero-order chi connectivity index (χ0) is 19.7. The first-order valence-corrected chi connectivity index (χ1v) is 8.05. The zero-order valence-electron chi connectivity index (χ0n) is 13.9. The van der Waals surface area contributed by atoms with Gasteiger partial charge in [-0.25, -0.2) is 4.79 Å². The van der Waals surface area contributed by atoms with Gasteiger partial charge in [0.05, 0.1) is 32.5 Å². The third-order valence-corrected chi connectivity index (χ3v) is 4.23. The predicted molar refractivity (Wildman–Crippen MR) is 100 cm³/mol. The van der Waals surface area contributed by atoms with Gasteiger partial charge in [0.2, 0.25) is 0 Å². The standard InChI is InChI=1S/C18H12ClN3O5/c1-10-14(8-11-2-4-12(5-3-11)22(26)27)17(23)21(20-10)13-6-7-16(19)15(9-13)18(24)25/h2-9H,1H3,(H,24,25)/b14-8-. The first kappa shape index (κ1) is 18.3. The first-order valence-electron chi connectivity index (χ1n) is 7.67. The lowest BCUT2D eigenvalue weighted by atomic mass is 10.1. The van der Waals surface area contributed by atoms with E-state index in [0.29, 0.717) is 16.8 Å². The number of hydrazone groups is 1. The van der Waals surface area contributed by atoms with E-state index in [-0.39, 0.29) is 22.0 Å². The second-order valence-corrected chi connectivity index (χ2v) is 6.09. The van der Waals surface area contributed by atoms with Gasteiger partial charge in [0.15, 0.2) is 0 Å². The Labute approximate surface area is 158 Å². The van der Waals surface area contributed by atoms with E-state index in [0.717, 1.165) is 5.01 Å². The van der Waals surface area contributed by atoms with E-state index >= 15 is 0 Å². The molecule has 1 aliphatic rings. The molecule has 0 atom stereocenters. The number of carbonyl (C=O) groups excluding carboxylic acids is 1. The number of nitro groups is 1. The number of nitrogens with zero attached hydrogens (tertiary/aromatic N) is 3. The van der Waals surface area contributed by atoms with Crippen molar-refractivity contribution in [3.63, 3.8) is 0 Å². The van der Waals surface area contributed by atoms with E-state index in [2.05, 4.69) is 5.10 Å². The summed E-state index contributed by atoms with van der Waals surface area (Å²) >= 11 is 5.85. The SMILES string of the molecule is CC1=NN(c2ccc(Cl)c(C(=O)O)c2)C(=O)/C1=C\c1ccc([N+](=O)[O-])cc1. The summed E-state index contributed by atoms with van der Waals surface area (Å²) in [6.07, 6.45) is 1.57. The fourth-order valence-electron chi connectivity index (χ4n) is 2.53. The summed E-state index contributed by atoms with van der Waals surface area (Å²) < 4.78 is 0. The van der Waals surface area contributed by atoms with Gasteiger partial charge < -0.3 is 5.11 Å². The molecule has 27 heavy (non-hydrogen) atoms. The van der Waals surface area contributed by atoms with Gasteiger partial charge in [0.1, 0.15) is 0 Å². The molecule has 2 aromatic carbocycles. The molecule has 1 aliphatic heterocycles. The van der Waals surface area contributed by atoms with E-state index in [1.807, 2.05) is 0 Å². The lowest BCUT2D eigenvalue weighted by Crippen LogP contribution is -2.21. The number of amides is 1. The molecule has 0 fully saturated rings. The molecule has 0 radical (unpaired) electrons. The number of halogens is 1. The van der Waals surface area contributed by atoms with Crippen molar-refractivity contribution in [2.75, 3.05) is 5.01 Å². The fraction of sp³-hybridized carbons (Fsp3) is 0.0556. The summed E-state index contributed by atoms with van der Waals surface area (Å²) in [6.45, 7) is 1.64. The van der Waals surface area contributed by atoms with Crippen LogP contribution in [0.25, 0.3) is 6.08 Å². The van der Waals surface area contributed by atoms with Crippen LogP contribution in [0, 0.1) is 10.1 Å². The second kappa shape index (κ2) is 7.00. The Kier molecular flexibility index (Phi) is 4.74. The van der Waals surface area contributed by atoms with Crippen molar-refractivity contribution in [2.24, 2.45) is 5.10 Å². The van der Waals surface area contributed by atoms with Crippen molar-refractivity contribution in [2.45, 2.75) is 6.92 Å². The van der Waals surface area contributed by atoms with Gasteiger partial charge in [-0.05, 0) is 48.9 Å². The van der Waals surface area contributed by atoms with Gasteiger partial charge in [-0.2, -0.15) is 10.1 Å². The van der Waals surface area contributed by atoms with Crippen LogP contribution in [-0.2, 0) is 4.79 Å². The molecule has 0 bridgehead atoms. The van der Waals surface area contributed by atoms with Gasteiger partial charge in [-0.3, -0.25) is 14.9 Å². The smallest absolute Gasteiger partial charge is 0.337 e. The molecule has 9 heteroatoms. The topological polar surface area (TPSA) is 113 Å². The van der Waals surface area contributed by atoms with E-state index in [1.165, 1.54) is 42.5 Å². The number of rotatable bonds is 4. The monoisotopic (exact) mass is 385 g/mol. The fourth-order valence-corrected chi connectivity index (χ4v) is 2.73. The Balaban J connectivity index is 1.93. The molecule has 0 saturated carbocycles. The number of aromatic carboxylic acids is 1. The zero-order valence-corrected chi connectivity index (χ0v) is 14.7. The van der Waals surface area contributed by atoms with Crippen LogP contribution in [0.2, 0.25) is 5.02 Å². The van der Waals surface area contributed by atoms with Gasteiger partial charge >= 0.3 is 5.97 Å². The summed E-state index contributed by atoms with van der Waals surface area (Å²) in [6, 6.07) is 9.89. The van der Waals surface area contributed by atoms with Gasteiger partial charge in [0.25, 0.3) is 11.6 Å². The molecule has 2 aromatic rings. The number of benzene rings is 2. The van der Waals surface area contributed by atoms with Gasteiger partial charge in [-0.1, -0.05) is 11.6 Å². The van der Waals surface area contributed by atoms with Crippen LogP contribution >= 0.6 is 11.6 Å². The predicted octanol–water partition coefficient (Wildman–Crippen LogP) is 3.75. The van der Waals surface area contributed by atoms with Gasteiger partial charge in [-0.15, -0.1) is 0 Å². The third kappa shape index (κ3) is 3.56. The Bertz CT molecular complexity index is 1030. The largest absolute Gasteiger partial charge is 0.478 e. The molecule has 0 unspecified atom stereocenters. The third-order valence-electron chi connectivity index (χ3n) is 3.90. The number of hydrogen-bond acceptors (Lipinski definition) is 5. The molecule has 136 valence electrons. The van der Waals surface area contributed by atoms with Crippen molar-refractivity contribution in [1.29, 1.82) is 0 Å². The maximum Gasteiger partial charge on any atom is 0.337 e. The Morgan fingerprint density at radius 2 is 1.93 bits per heavy atom. The highest BCUT2D eigenvalue weighted by Gasteiger charge is 2.29. The maximum atomic E-state index is 12.7. The van der Waals surface area contributed by atoms with Crippen LogP contribution in [0.15, 0.2) is 53.1 Å².